The van der Waals surface area contributed by atoms with Gasteiger partial charge in [0, 0.05) is 31.8 Å². The SMILES string of the molecule is CCCCC(C)C/C=C(/OC1CCCCO1)[C@@H]1[C@H]2CC(=O)C[C@H]2C[C@H]1OC1CCCCO1. The highest BCUT2D eigenvalue weighted by Crippen LogP contribution is 2.51. The quantitative estimate of drug-likeness (QED) is 0.375. The van der Waals surface area contributed by atoms with Gasteiger partial charge in [-0.05, 0) is 68.8 Å². The van der Waals surface area contributed by atoms with E-state index in [4.69, 9.17) is 18.9 Å². The minimum absolute atomic E-state index is 0.0713. The third-order valence-electron chi connectivity index (χ3n) is 7.93. The molecule has 0 aromatic rings. The highest BCUT2D eigenvalue weighted by Gasteiger charge is 2.51. The van der Waals surface area contributed by atoms with Gasteiger partial charge in [0.25, 0.3) is 0 Å². The molecule has 4 aliphatic rings. The summed E-state index contributed by atoms with van der Waals surface area (Å²) in [6.07, 6.45) is 15.6. The molecule has 7 atom stereocenters. The Balaban J connectivity index is 1.52. The van der Waals surface area contributed by atoms with Gasteiger partial charge in [-0.15, -0.1) is 0 Å². The van der Waals surface area contributed by atoms with Crippen molar-refractivity contribution in [3.63, 3.8) is 0 Å². The number of carbonyl (C=O) groups excluding carboxylic acids is 1. The summed E-state index contributed by atoms with van der Waals surface area (Å²) in [5, 5.41) is 0. The van der Waals surface area contributed by atoms with Gasteiger partial charge in [0.05, 0.1) is 12.7 Å². The van der Waals surface area contributed by atoms with Gasteiger partial charge in [-0.2, -0.15) is 0 Å². The lowest BCUT2D eigenvalue weighted by molar-refractivity contribution is -0.201. The third-order valence-corrected chi connectivity index (χ3v) is 7.93. The number of allylic oxidation sites excluding steroid dienone is 1. The van der Waals surface area contributed by atoms with E-state index >= 15 is 0 Å². The molecule has 4 rings (SSSR count). The number of hydrogen-bond donors (Lipinski definition) is 0. The summed E-state index contributed by atoms with van der Waals surface area (Å²) >= 11 is 0. The highest BCUT2D eigenvalue weighted by atomic mass is 16.7. The van der Waals surface area contributed by atoms with Gasteiger partial charge >= 0.3 is 0 Å². The molecular formula is C27H44O5. The largest absolute Gasteiger partial charge is 0.469 e. The molecular weight excluding hydrogens is 404 g/mol. The van der Waals surface area contributed by atoms with Gasteiger partial charge in [0.2, 0.25) is 0 Å². The number of unbranched alkanes of at least 4 members (excludes halogenated alkanes) is 1. The lowest BCUT2D eigenvalue weighted by Crippen LogP contribution is -2.34. The Bertz CT molecular complexity index is 620. The van der Waals surface area contributed by atoms with Crippen LogP contribution in [0.2, 0.25) is 0 Å². The van der Waals surface area contributed by atoms with Gasteiger partial charge in [0.15, 0.2) is 12.6 Å². The number of ether oxygens (including phenoxy) is 4. The second-order valence-corrected chi connectivity index (χ2v) is 10.6. The van der Waals surface area contributed by atoms with Crippen LogP contribution in [0, 0.1) is 23.7 Å². The molecule has 32 heavy (non-hydrogen) atoms. The summed E-state index contributed by atoms with van der Waals surface area (Å²) in [6, 6.07) is 0. The maximum absolute atomic E-state index is 12.3. The summed E-state index contributed by atoms with van der Waals surface area (Å²) < 4.78 is 25.1. The molecule has 2 saturated heterocycles. The van der Waals surface area contributed by atoms with Crippen molar-refractivity contribution in [3.05, 3.63) is 11.8 Å². The number of Topliss-reactive ketones (excluding diaryl/α,β-unsaturated/α-hetero) is 1. The third kappa shape index (κ3) is 6.36. The van der Waals surface area contributed by atoms with Crippen molar-refractivity contribution < 1.29 is 23.7 Å². The first-order valence-electron chi connectivity index (χ1n) is 13.4. The fourth-order valence-corrected chi connectivity index (χ4v) is 6.11. The molecule has 2 heterocycles. The summed E-state index contributed by atoms with van der Waals surface area (Å²) in [4.78, 5) is 12.3. The average Bonchev–Trinajstić information content (AvgIpc) is 3.31. The predicted molar refractivity (Wildman–Crippen MR) is 124 cm³/mol. The van der Waals surface area contributed by atoms with Gasteiger partial charge < -0.3 is 18.9 Å². The van der Waals surface area contributed by atoms with Crippen molar-refractivity contribution in [1.29, 1.82) is 0 Å². The van der Waals surface area contributed by atoms with Crippen LogP contribution in [0.25, 0.3) is 0 Å². The summed E-state index contributed by atoms with van der Waals surface area (Å²) in [6.45, 7) is 6.15. The molecule has 4 fully saturated rings. The highest BCUT2D eigenvalue weighted by molar-refractivity contribution is 5.81. The van der Waals surface area contributed by atoms with Crippen LogP contribution in [0.15, 0.2) is 11.8 Å². The van der Waals surface area contributed by atoms with Crippen LogP contribution in [0.1, 0.15) is 97.3 Å². The van der Waals surface area contributed by atoms with Crippen molar-refractivity contribution in [3.8, 4) is 0 Å². The zero-order valence-corrected chi connectivity index (χ0v) is 20.3. The molecule has 0 aromatic heterocycles. The van der Waals surface area contributed by atoms with E-state index in [0.717, 1.165) is 70.3 Å². The predicted octanol–water partition coefficient (Wildman–Crippen LogP) is 6.16. The Hall–Kier alpha value is -0.910. The van der Waals surface area contributed by atoms with Crippen LogP contribution in [0.3, 0.4) is 0 Å². The fraction of sp³-hybridized carbons (Fsp3) is 0.889. The van der Waals surface area contributed by atoms with Crippen LogP contribution >= 0.6 is 0 Å². The summed E-state index contributed by atoms with van der Waals surface area (Å²) in [7, 11) is 0. The molecule has 0 amide bonds. The minimum atomic E-state index is -0.163. The van der Waals surface area contributed by atoms with Crippen molar-refractivity contribution in [2.45, 2.75) is 116 Å². The molecule has 182 valence electrons. The van der Waals surface area contributed by atoms with E-state index in [0.29, 0.717) is 36.4 Å². The van der Waals surface area contributed by atoms with E-state index in [2.05, 4.69) is 19.9 Å². The number of ketones is 1. The molecule has 0 bridgehead atoms. The zero-order valence-electron chi connectivity index (χ0n) is 20.3. The molecule has 0 aromatic carbocycles. The van der Waals surface area contributed by atoms with Crippen molar-refractivity contribution in [2.75, 3.05) is 13.2 Å². The zero-order chi connectivity index (χ0) is 22.3. The van der Waals surface area contributed by atoms with Crippen molar-refractivity contribution in [1.82, 2.24) is 0 Å². The van der Waals surface area contributed by atoms with Crippen LogP contribution in [-0.2, 0) is 23.7 Å². The Morgan fingerprint density at radius 2 is 1.84 bits per heavy atom. The van der Waals surface area contributed by atoms with Crippen LogP contribution in [-0.4, -0.2) is 37.7 Å². The van der Waals surface area contributed by atoms with Crippen LogP contribution in [0.4, 0.5) is 0 Å². The topological polar surface area (TPSA) is 54.0 Å². The second kappa shape index (κ2) is 12.0. The van der Waals surface area contributed by atoms with Gasteiger partial charge in [0.1, 0.15) is 11.5 Å². The number of hydrogen-bond acceptors (Lipinski definition) is 5. The fourth-order valence-electron chi connectivity index (χ4n) is 6.11. The number of carbonyl (C=O) groups is 1. The first-order chi connectivity index (χ1) is 15.6. The molecule has 2 aliphatic heterocycles. The van der Waals surface area contributed by atoms with Gasteiger partial charge in [-0.3, -0.25) is 4.79 Å². The maximum atomic E-state index is 12.3. The van der Waals surface area contributed by atoms with Crippen LogP contribution in [0.5, 0.6) is 0 Å². The molecule has 0 radical (unpaired) electrons. The molecule has 2 aliphatic carbocycles. The molecule has 0 N–H and O–H groups in total. The van der Waals surface area contributed by atoms with E-state index in [9.17, 15) is 4.79 Å². The lowest BCUT2D eigenvalue weighted by atomic mass is 9.88. The van der Waals surface area contributed by atoms with E-state index in [1.807, 2.05) is 0 Å². The van der Waals surface area contributed by atoms with E-state index in [1.54, 1.807) is 0 Å². The molecule has 5 nitrogen and oxygen atoms in total. The minimum Gasteiger partial charge on any atom is -0.469 e. The van der Waals surface area contributed by atoms with E-state index < -0.39 is 0 Å². The Labute approximate surface area is 194 Å². The smallest absolute Gasteiger partial charge is 0.199 e. The Morgan fingerprint density at radius 3 is 2.53 bits per heavy atom. The standard InChI is InChI=1S/C27H44O5/c1-3-4-9-19(2)12-13-23(31-25-10-5-7-14-29-25)27-22-18-21(28)16-20(22)17-24(27)32-26-11-6-8-15-30-26/h13,19-20,22,24-27H,3-12,14-18H2,1-2H3/b23-13+/t19?,20-,22-,24+,25?,26?,27-/m0/s1. The molecule has 0 spiro atoms. The Morgan fingerprint density at radius 1 is 1.09 bits per heavy atom. The maximum Gasteiger partial charge on any atom is 0.199 e. The molecule has 2 saturated carbocycles. The van der Waals surface area contributed by atoms with Crippen molar-refractivity contribution >= 4 is 5.78 Å². The van der Waals surface area contributed by atoms with Crippen molar-refractivity contribution in [2.24, 2.45) is 23.7 Å². The van der Waals surface area contributed by atoms with Gasteiger partial charge in [-0.1, -0.05) is 33.1 Å². The normalized spacial score (nSPS) is 36.8. The van der Waals surface area contributed by atoms with E-state index in [1.165, 1.54) is 19.3 Å². The first-order valence-corrected chi connectivity index (χ1v) is 13.4. The summed E-state index contributed by atoms with van der Waals surface area (Å²) in [5.41, 5.74) is 0. The lowest BCUT2D eigenvalue weighted by Gasteiger charge is -2.34. The molecule has 5 heteroatoms. The second-order valence-electron chi connectivity index (χ2n) is 10.6. The monoisotopic (exact) mass is 448 g/mol. The van der Waals surface area contributed by atoms with Gasteiger partial charge in [-0.25, -0.2) is 0 Å². The van der Waals surface area contributed by atoms with Crippen LogP contribution < -0.4 is 0 Å². The average molecular weight is 449 g/mol. The number of fused-ring (bicyclic) bond motifs is 1. The molecule has 3 unspecified atom stereocenters. The summed E-state index contributed by atoms with van der Waals surface area (Å²) in [5.74, 6) is 2.95. The number of rotatable bonds is 10. The Kier molecular flexibility index (Phi) is 9.07. The first kappa shape index (κ1) is 24.2. The van der Waals surface area contributed by atoms with E-state index in [-0.39, 0.29) is 24.6 Å².